The molecule has 44 heteroatoms. The average Bonchev–Trinajstić information content (AvgIpc) is 1.65. The Kier molecular flexibility index (Phi) is 45.6. The Morgan fingerprint density at radius 2 is 1.02 bits per heavy atom. The summed E-state index contributed by atoms with van der Waals surface area (Å²) in [4.78, 5) is 107. The SMILES string of the molecule is CC(=O)NCCc1cnc(N)[nH]1.CC(=O)NCCc1cnc(N=Nc2ccc(Br)cc2)[nH]1.CC(=O)NCCc1cnc[nH]1.N#[N+]c1ccc(Br)cc1.NCCc1cnc(N)[nH]1.Nc1ccc(Br)cc1.Nc1ncc(CCNc2nc(=O)n(Cc3ccc(F)cc3)c(=O)n2Cc2ccc(OC(F)(F)F)cc2)[nH]1.O=N[O-].[Cl-].[Na+]. The molecule has 586 valence electrons. The van der Waals surface area contributed by atoms with Crippen LogP contribution in [0.2, 0.25) is 0 Å². The van der Waals surface area contributed by atoms with E-state index in [1.54, 1.807) is 49.4 Å². The van der Waals surface area contributed by atoms with Gasteiger partial charge in [-0.05, 0) is 103 Å². The van der Waals surface area contributed by atoms with Gasteiger partial charge in [0.2, 0.25) is 35.0 Å². The molecular weight excluding hydrogens is 1690 g/mol. The number of hydrogen-bond acceptors (Lipinski definition) is 24. The molecule has 3 amide bonds. The number of anilines is 5. The Hall–Kier alpha value is -11.2. The van der Waals surface area contributed by atoms with Crippen LogP contribution >= 0.6 is 47.8 Å². The van der Waals surface area contributed by atoms with Crippen molar-refractivity contribution in [3.05, 3.63) is 254 Å². The minimum atomic E-state index is -4.84. The van der Waals surface area contributed by atoms with Crippen molar-refractivity contribution in [3.8, 4) is 5.75 Å². The first kappa shape index (κ1) is 95.9. The van der Waals surface area contributed by atoms with Crippen molar-refractivity contribution < 1.29 is 78.6 Å². The zero-order valence-corrected chi connectivity index (χ0v) is 67.5. The fourth-order valence-electron chi connectivity index (χ4n) is 8.32. The molecule has 0 atom stereocenters. The number of nitrogens with one attached hydrogen (secondary N) is 9. The Bertz CT molecular complexity index is 4680. The first-order valence-corrected chi connectivity index (χ1v) is 34.5. The van der Waals surface area contributed by atoms with E-state index >= 15 is 0 Å². The third kappa shape index (κ3) is 41.8. The number of amides is 3. The van der Waals surface area contributed by atoms with Crippen LogP contribution < -0.4 is 108 Å². The Labute approximate surface area is 685 Å². The van der Waals surface area contributed by atoms with Gasteiger partial charge in [0.25, 0.3) is 0 Å². The number of H-pyrrole nitrogens is 5. The number of carbonyl (C=O) groups is 3. The minimum absolute atomic E-state index is 0. The molecule has 6 heterocycles. The zero-order chi connectivity index (χ0) is 80.1. The van der Waals surface area contributed by atoms with Crippen molar-refractivity contribution in [2.75, 3.05) is 61.0 Å². The van der Waals surface area contributed by atoms with Gasteiger partial charge in [-0.25, -0.2) is 43.5 Å². The monoisotopic (exact) mass is 1760 g/mol. The van der Waals surface area contributed by atoms with Crippen LogP contribution in [-0.2, 0) is 59.6 Å². The van der Waals surface area contributed by atoms with E-state index in [1.165, 1.54) is 61.7 Å². The second-order valence-corrected chi connectivity index (χ2v) is 24.7. The molecule has 5 aromatic carbocycles. The number of nitrogens with zero attached hydrogens (tertiary/aromatic N) is 13. The molecule has 0 unspecified atom stereocenters. The molecule has 0 fully saturated rings. The van der Waals surface area contributed by atoms with E-state index in [9.17, 15) is 41.5 Å². The van der Waals surface area contributed by atoms with Crippen molar-refractivity contribution in [2.24, 2.45) is 21.3 Å². The molecule has 35 nitrogen and oxygen atoms in total. The van der Waals surface area contributed by atoms with Crippen LogP contribution in [0.4, 0.5) is 64.4 Å². The summed E-state index contributed by atoms with van der Waals surface area (Å²) in [7, 11) is 0. The van der Waals surface area contributed by atoms with Crippen molar-refractivity contribution in [1.82, 2.24) is 79.9 Å². The fraction of sp³-hybridized carbons (Fsp3) is 0.239. The third-order valence-electron chi connectivity index (χ3n) is 13.3. The van der Waals surface area contributed by atoms with Crippen LogP contribution in [0.3, 0.4) is 0 Å². The number of nitrogens with two attached hydrogens (primary N) is 5. The number of halogens is 8. The average molecular weight is 1760 g/mol. The fourth-order valence-corrected chi connectivity index (χ4v) is 9.11. The number of ether oxygens (including phenoxy) is 1. The molecule has 0 bridgehead atoms. The third-order valence-corrected chi connectivity index (χ3v) is 14.9. The van der Waals surface area contributed by atoms with Crippen LogP contribution in [0.25, 0.3) is 4.98 Å². The predicted octanol–water partition coefficient (Wildman–Crippen LogP) is 4.24. The van der Waals surface area contributed by atoms with Gasteiger partial charge in [0.1, 0.15) is 11.6 Å². The number of azo groups is 1. The first-order chi connectivity index (χ1) is 52.0. The number of carbonyl (C=O) groups excluding carboxylic acids is 3. The maximum Gasteiger partial charge on any atom is 1.00 e. The van der Waals surface area contributed by atoms with Gasteiger partial charge in [0.15, 0.2) is 22.8 Å². The van der Waals surface area contributed by atoms with Crippen molar-refractivity contribution in [2.45, 2.75) is 72.3 Å². The van der Waals surface area contributed by atoms with Crippen LogP contribution in [0.1, 0.15) is 60.4 Å². The summed E-state index contributed by atoms with van der Waals surface area (Å²) >= 11 is 9.90. The molecule has 19 N–H and O–H groups in total. The van der Waals surface area contributed by atoms with E-state index in [-0.39, 0.29) is 91.2 Å². The number of rotatable bonds is 22. The molecule has 0 radical (unpaired) electrons. The van der Waals surface area contributed by atoms with Crippen molar-refractivity contribution >= 4 is 112 Å². The van der Waals surface area contributed by atoms with E-state index in [0.717, 1.165) is 88.9 Å². The molecule has 0 aliphatic carbocycles. The van der Waals surface area contributed by atoms with E-state index < -0.39 is 29.3 Å². The molecule has 0 saturated heterocycles. The summed E-state index contributed by atoms with van der Waals surface area (Å²) in [6.07, 6.45) is 8.58. The number of aromatic amines is 5. The van der Waals surface area contributed by atoms with Gasteiger partial charge in [-0.3, -0.25) is 19.0 Å². The summed E-state index contributed by atoms with van der Waals surface area (Å²) in [5, 5.41) is 36.4. The van der Waals surface area contributed by atoms with Gasteiger partial charge in [-0.1, -0.05) is 72.1 Å². The maximum atomic E-state index is 13.3. The summed E-state index contributed by atoms with van der Waals surface area (Å²) in [6.45, 7) is 6.95. The number of imidazole rings is 5. The molecule has 11 aromatic rings. The standard InChI is InChI=1S/C23H21F4N7O3.C13H14BrN5O.C7H12N4O.C7H11N3O.C6H4BrN2.C6H6BrN.C5H10N4.ClH.HNO2.Na/c24-16-5-1-14(2-6-16)13-34-21(35)32-20(29-10-9-17-11-30-19(28)31-17)33(22(34)36)12-15-3-7-18(8-4-15)37-23(25,26)27;1-9(20)15-7-6-12-8-16-13(17-12)19-18-11-4-2-10(14)3-5-11;1-5(12)9-3-2-6-4-10-7(8)11-6;1-6(11)9-3-2-7-4-8-5-10-7;7-5-1-3-6(9-8)4-2-5;7-5-1-3-6(8)4-2-5;6-2-1-4-3-8-5(7)9-4;;2-1-3;/h1-8,11H,9-10,12-13H2,(H3,28,30,31)(H,29,32,35);2-5,8H,6-7H2,1H3,(H,15,20)(H,16,17);4H,2-3H2,1H3,(H,9,12)(H3,8,10,11);4-5H,2-3H2,1H3,(H,8,10)(H,9,11);1-4H;1-4H,8H2;3H,1-2,6H2,(H3,7,8,9);1H;(H,2,3);/q;;;;+1;;;;;+1/p-2. The quantitative estimate of drug-likeness (QED) is 0.00858. The molecule has 0 spiro atoms. The number of diazo groups is 1. The smallest absolute Gasteiger partial charge is 1.00 e. The van der Waals surface area contributed by atoms with Gasteiger partial charge in [0, 0.05) is 145 Å². The Morgan fingerprint density at radius 1 is 0.595 bits per heavy atom. The first-order valence-electron chi connectivity index (χ1n) is 32.1. The second-order valence-electron chi connectivity index (χ2n) is 22.0. The largest absolute Gasteiger partial charge is 1.00 e. The summed E-state index contributed by atoms with van der Waals surface area (Å²) in [5.74, 6) is 0.576. The van der Waals surface area contributed by atoms with Crippen LogP contribution in [0, 0.1) is 21.3 Å². The molecule has 0 aliphatic heterocycles. The number of aromatic nitrogens is 13. The van der Waals surface area contributed by atoms with Gasteiger partial charge < -0.3 is 102 Å². The number of nitrogen functional groups attached to an aromatic ring is 4. The minimum Gasteiger partial charge on any atom is -1.00 e. The topological polar surface area (TPSA) is 544 Å². The summed E-state index contributed by atoms with van der Waals surface area (Å²) in [5.41, 5.74) is 33.0. The van der Waals surface area contributed by atoms with Gasteiger partial charge in [-0.15, -0.1) is 28.7 Å². The van der Waals surface area contributed by atoms with Crippen molar-refractivity contribution in [1.29, 1.82) is 5.39 Å². The van der Waals surface area contributed by atoms with E-state index in [2.05, 4.69) is 144 Å². The van der Waals surface area contributed by atoms with Crippen LogP contribution in [0.15, 0.2) is 197 Å². The molecule has 0 aliphatic rings. The van der Waals surface area contributed by atoms with Gasteiger partial charge >= 0.3 is 53.0 Å². The summed E-state index contributed by atoms with van der Waals surface area (Å²) in [6, 6.07) is 32.3. The normalized spacial score (nSPS) is 10.0. The van der Waals surface area contributed by atoms with Gasteiger partial charge in [0.05, 0.1) is 49.9 Å². The molecule has 111 heavy (non-hydrogen) atoms. The number of alkyl halides is 3. The molecule has 6 aromatic heterocycles. The van der Waals surface area contributed by atoms with E-state index in [4.69, 9.17) is 44.2 Å². The van der Waals surface area contributed by atoms with Crippen molar-refractivity contribution in [3.63, 3.8) is 0 Å². The number of benzene rings is 5. The molecular formula is C67H78Br3ClF4N27NaO8. The number of hydrogen-bond donors (Lipinski definition) is 14. The van der Waals surface area contributed by atoms with E-state index in [1.807, 2.05) is 60.7 Å². The predicted molar refractivity (Wildman–Crippen MR) is 414 cm³/mol. The van der Waals surface area contributed by atoms with Gasteiger partial charge in [-0.2, -0.15) is 4.98 Å². The second kappa shape index (κ2) is 52.8. The van der Waals surface area contributed by atoms with Crippen LogP contribution in [0.5, 0.6) is 5.75 Å². The Balaban J connectivity index is 0.000000476. The molecule has 11 rings (SSSR count). The van der Waals surface area contributed by atoms with Crippen LogP contribution in [-0.4, -0.2) is 121 Å². The zero-order valence-electron chi connectivity index (χ0n) is 60.0. The maximum absolute atomic E-state index is 13.3. The Morgan fingerprint density at radius 3 is 1.44 bits per heavy atom. The summed E-state index contributed by atoms with van der Waals surface area (Å²) < 4.78 is 59.7. The molecule has 0 saturated carbocycles. The van der Waals surface area contributed by atoms with E-state index in [0.29, 0.717) is 79.4 Å².